The zero-order valence-electron chi connectivity index (χ0n) is 10.3. The predicted molar refractivity (Wildman–Crippen MR) is 74.2 cm³/mol. The Balaban J connectivity index is 2.28. The maximum absolute atomic E-state index is 11.3. The SMILES string of the molecule is O=[N+]([O-])c1cc2ccccc2c2c3c(ccc12)OCO3. The van der Waals surface area contributed by atoms with Crippen molar-refractivity contribution in [2.75, 3.05) is 6.79 Å². The molecule has 3 aromatic rings. The van der Waals surface area contributed by atoms with Gasteiger partial charge in [-0.2, -0.15) is 0 Å². The van der Waals surface area contributed by atoms with Gasteiger partial charge in [-0.05, 0) is 22.9 Å². The largest absolute Gasteiger partial charge is 0.454 e. The lowest BCUT2D eigenvalue weighted by Gasteiger charge is -2.07. The molecule has 0 atom stereocenters. The van der Waals surface area contributed by atoms with E-state index in [-0.39, 0.29) is 17.4 Å². The molecule has 1 aliphatic heterocycles. The number of nitro benzene ring substituents is 1. The Morgan fingerprint density at radius 2 is 1.90 bits per heavy atom. The van der Waals surface area contributed by atoms with Crippen LogP contribution in [0.15, 0.2) is 42.5 Å². The van der Waals surface area contributed by atoms with Crippen LogP contribution in [0.5, 0.6) is 11.5 Å². The molecule has 0 bridgehead atoms. The van der Waals surface area contributed by atoms with Crippen molar-refractivity contribution >= 4 is 27.2 Å². The summed E-state index contributed by atoms with van der Waals surface area (Å²) in [6.07, 6.45) is 0. The molecule has 1 aliphatic rings. The summed E-state index contributed by atoms with van der Waals surface area (Å²) in [5.74, 6) is 1.21. The number of rotatable bonds is 1. The molecule has 0 aromatic heterocycles. The number of hydrogen-bond acceptors (Lipinski definition) is 4. The van der Waals surface area contributed by atoms with Gasteiger partial charge in [0.25, 0.3) is 5.69 Å². The van der Waals surface area contributed by atoms with Crippen LogP contribution in [0.4, 0.5) is 5.69 Å². The van der Waals surface area contributed by atoms with Gasteiger partial charge >= 0.3 is 0 Å². The molecule has 0 saturated carbocycles. The Bertz CT molecular complexity index is 873. The van der Waals surface area contributed by atoms with Crippen molar-refractivity contribution in [1.29, 1.82) is 0 Å². The van der Waals surface area contributed by atoms with E-state index in [0.717, 1.165) is 16.2 Å². The highest BCUT2D eigenvalue weighted by atomic mass is 16.7. The second-order valence-electron chi connectivity index (χ2n) is 4.60. The third-order valence-corrected chi connectivity index (χ3v) is 3.53. The van der Waals surface area contributed by atoms with E-state index >= 15 is 0 Å². The number of nitro groups is 1. The lowest BCUT2D eigenvalue weighted by atomic mass is 9.99. The maximum atomic E-state index is 11.3. The van der Waals surface area contributed by atoms with Crippen LogP contribution in [-0.4, -0.2) is 11.7 Å². The van der Waals surface area contributed by atoms with Crippen molar-refractivity contribution in [2.24, 2.45) is 0 Å². The standard InChI is InChI=1S/C15H9NO4/c17-16(18)12-7-9-3-1-2-4-10(9)14-11(12)5-6-13-15(14)20-8-19-13/h1-7H,8H2. The normalized spacial score (nSPS) is 13.0. The summed E-state index contributed by atoms with van der Waals surface area (Å²) in [6, 6.07) is 12.6. The fourth-order valence-electron chi connectivity index (χ4n) is 2.68. The molecule has 4 rings (SSSR count). The van der Waals surface area contributed by atoms with Crippen LogP contribution in [-0.2, 0) is 0 Å². The Kier molecular flexibility index (Phi) is 2.12. The minimum atomic E-state index is -0.364. The molecule has 0 amide bonds. The van der Waals surface area contributed by atoms with E-state index in [1.54, 1.807) is 18.2 Å². The molecule has 5 heteroatoms. The molecular formula is C15H9NO4. The Morgan fingerprint density at radius 1 is 1.05 bits per heavy atom. The molecule has 20 heavy (non-hydrogen) atoms. The number of hydrogen-bond donors (Lipinski definition) is 0. The van der Waals surface area contributed by atoms with Gasteiger partial charge in [0.05, 0.1) is 10.3 Å². The van der Waals surface area contributed by atoms with Gasteiger partial charge in [-0.15, -0.1) is 0 Å². The molecular weight excluding hydrogens is 258 g/mol. The molecule has 0 spiro atoms. The summed E-state index contributed by atoms with van der Waals surface area (Å²) in [4.78, 5) is 10.9. The third-order valence-electron chi connectivity index (χ3n) is 3.53. The van der Waals surface area contributed by atoms with Gasteiger partial charge in [0.1, 0.15) is 0 Å². The topological polar surface area (TPSA) is 61.6 Å². The van der Waals surface area contributed by atoms with Crippen LogP contribution >= 0.6 is 0 Å². The Labute approximate surface area is 113 Å². The summed E-state index contributed by atoms with van der Waals surface area (Å²) < 4.78 is 10.9. The van der Waals surface area contributed by atoms with Crippen LogP contribution < -0.4 is 9.47 Å². The molecule has 0 N–H and O–H groups in total. The number of ether oxygens (including phenoxy) is 2. The van der Waals surface area contributed by atoms with Gasteiger partial charge in [-0.25, -0.2) is 0 Å². The fourth-order valence-corrected chi connectivity index (χ4v) is 2.68. The molecule has 0 unspecified atom stereocenters. The van der Waals surface area contributed by atoms with Crippen molar-refractivity contribution in [2.45, 2.75) is 0 Å². The van der Waals surface area contributed by atoms with Crippen LogP contribution in [0, 0.1) is 10.1 Å². The summed E-state index contributed by atoms with van der Waals surface area (Å²) in [5.41, 5.74) is 0.0806. The fraction of sp³-hybridized carbons (Fsp3) is 0.0667. The summed E-state index contributed by atoms with van der Waals surface area (Å²) >= 11 is 0. The third kappa shape index (κ3) is 1.37. The van der Waals surface area contributed by atoms with Gasteiger partial charge in [0, 0.05) is 11.5 Å². The molecule has 0 aliphatic carbocycles. The van der Waals surface area contributed by atoms with Crippen LogP contribution in [0.25, 0.3) is 21.5 Å². The highest BCUT2D eigenvalue weighted by Gasteiger charge is 2.23. The van der Waals surface area contributed by atoms with E-state index < -0.39 is 0 Å². The van der Waals surface area contributed by atoms with Gasteiger partial charge in [-0.1, -0.05) is 24.3 Å². The Morgan fingerprint density at radius 3 is 2.75 bits per heavy atom. The molecule has 0 radical (unpaired) electrons. The number of nitrogens with zero attached hydrogens (tertiary/aromatic N) is 1. The van der Waals surface area contributed by atoms with Crippen LogP contribution in [0.3, 0.4) is 0 Å². The van der Waals surface area contributed by atoms with Crippen molar-refractivity contribution in [1.82, 2.24) is 0 Å². The number of fused-ring (bicyclic) bond motifs is 5. The summed E-state index contributed by atoms with van der Waals surface area (Å²) in [6.45, 7) is 0.144. The molecule has 3 aromatic carbocycles. The molecule has 0 fully saturated rings. The lowest BCUT2D eigenvalue weighted by Crippen LogP contribution is -1.94. The number of benzene rings is 3. The van der Waals surface area contributed by atoms with Crippen molar-refractivity contribution in [3.05, 3.63) is 52.6 Å². The monoisotopic (exact) mass is 267 g/mol. The predicted octanol–water partition coefficient (Wildman–Crippen LogP) is 3.63. The Hall–Kier alpha value is -2.82. The number of non-ortho nitro benzene ring substituents is 1. The van der Waals surface area contributed by atoms with Gasteiger partial charge < -0.3 is 9.47 Å². The van der Waals surface area contributed by atoms with Gasteiger partial charge in [0.2, 0.25) is 6.79 Å². The quantitative estimate of drug-likeness (QED) is 0.383. The average Bonchev–Trinajstić information content (AvgIpc) is 2.94. The van der Waals surface area contributed by atoms with Crippen molar-refractivity contribution < 1.29 is 14.4 Å². The highest BCUT2D eigenvalue weighted by molar-refractivity contribution is 6.15. The van der Waals surface area contributed by atoms with Crippen molar-refractivity contribution in [3.8, 4) is 11.5 Å². The van der Waals surface area contributed by atoms with E-state index in [1.807, 2.05) is 24.3 Å². The highest BCUT2D eigenvalue weighted by Crippen LogP contribution is 2.45. The minimum absolute atomic E-state index is 0.0806. The molecule has 5 nitrogen and oxygen atoms in total. The van der Waals surface area contributed by atoms with Gasteiger partial charge in [0.15, 0.2) is 11.5 Å². The first-order valence-corrected chi connectivity index (χ1v) is 6.14. The zero-order valence-corrected chi connectivity index (χ0v) is 10.3. The minimum Gasteiger partial charge on any atom is -0.454 e. The summed E-state index contributed by atoms with van der Waals surface area (Å²) in [7, 11) is 0. The van der Waals surface area contributed by atoms with E-state index in [0.29, 0.717) is 16.9 Å². The molecule has 0 saturated heterocycles. The van der Waals surface area contributed by atoms with E-state index in [9.17, 15) is 10.1 Å². The first-order valence-electron chi connectivity index (χ1n) is 6.14. The molecule has 98 valence electrons. The van der Waals surface area contributed by atoms with E-state index in [4.69, 9.17) is 9.47 Å². The van der Waals surface area contributed by atoms with E-state index in [2.05, 4.69) is 0 Å². The summed E-state index contributed by atoms with van der Waals surface area (Å²) in [5, 5.41) is 14.3. The second-order valence-corrected chi connectivity index (χ2v) is 4.60. The molecule has 1 heterocycles. The first kappa shape index (κ1) is 11.0. The average molecular weight is 267 g/mol. The smallest absolute Gasteiger partial charge is 0.277 e. The zero-order chi connectivity index (χ0) is 13.7. The second kappa shape index (κ2) is 3.84. The van der Waals surface area contributed by atoms with Crippen LogP contribution in [0.2, 0.25) is 0 Å². The maximum Gasteiger partial charge on any atom is 0.277 e. The lowest BCUT2D eigenvalue weighted by molar-refractivity contribution is -0.382. The first-order chi connectivity index (χ1) is 9.75. The van der Waals surface area contributed by atoms with Crippen LogP contribution in [0.1, 0.15) is 0 Å². The van der Waals surface area contributed by atoms with E-state index in [1.165, 1.54) is 0 Å². The van der Waals surface area contributed by atoms with Crippen molar-refractivity contribution in [3.63, 3.8) is 0 Å². The van der Waals surface area contributed by atoms with Gasteiger partial charge in [-0.3, -0.25) is 10.1 Å².